The molecule has 3 amide bonds. The Balaban J connectivity index is 1.65. The molecule has 1 atom stereocenters. The van der Waals surface area contributed by atoms with Gasteiger partial charge in [0.1, 0.15) is 6.54 Å². The number of hydrogen-bond acceptors (Lipinski definition) is 5. The van der Waals surface area contributed by atoms with E-state index in [2.05, 4.69) is 10.4 Å². The molecule has 1 aromatic rings. The van der Waals surface area contributed by atoms with Crippen LogP contribution in [-0.4, -0.2) is 83.2 Å². The van der Waals surface area contributed by atoms with Crippen LogP contribution in [0.5, 0.6) is 0 Å². The number of likely N-dealkylation sites (tertiary alicyclic amines) is 1. The molecule has 9 heteroatoms. The van der Waals surface area contributed by atoms with Gasteiger partial charge in [-0.1, -0.05) is 12.8 Å². The normalized spacial score (nSPS) is 20.6. The summed E-state index contributed by atoms with van der Waals surface area (Å²) in [6.07, 6.45) is 3.72. The van der Waals surface area contributed by atoms with Crippen molar-refractivity contribution < 1.29 is 19.1 Å². The highest BCUT2D eigenvalue weighted by Gasteiger charge is 2.33. The van der Waals surface area contributed by atoms with Crippen LogP contribution in [0.3, 0.4) is 0 Å². The molecule has 3 heterocycles. The highest BCUT2D eigenvalue weighted by molar-refractivity contribution is 5.93. The van der Waals surface area contributed by atoms with E-state index in [4.69, 9.17) is 4.74 Å². The Labute approximate surface area is 165 Å². The standard InChI is InChI=1S/C19H29N5O4/c1-14-11-15(21-24(14)13-17(25)20-2)18(26)23-9-10-28-16(12-23)19(27)22-7-5-3-4-6-8-22/h11,16H,3-10,12-13H2,1-2H3,(H,20,25). The number of rotatable bonds is 4. The molecule has 0 saturated carbocycles. The zero-order valence-electron chi connectivity index (χ0n) is 16.6. The summed E-state index contributed by atoms with van der Waals surface area (Å²) >= 11 is 0. The minimum Gasteiger partial charge on any atom is -0.365 e. The summed E-state index contributed by atoms with van der Waals surface area (Å²) in [5, 5.41) is 6.82. The molecule has 3 rings (SSSR count). The van der Waals surface area contributed by atoms with Crippen LogP contribution >= 0.6 is 0 Å². The van der Waals surface area contributed by atoms with Crippen molar-refractivity contribution in [1.29, 1.82) is 0 Å². The second-order valence-electron chi connectivity index (χ2n) is 7.35. The molecule has 9 nitrogen and oxygen atoms in total. The van der Waals surface area contributed by atoms with Crippen LogP contribution in [0.15, 0.2) is 6.07 Å². The Bertz CT molecular complexity index is 724. The summed E-state index contributed by atoms with van der Waals surface area (Å²) in [5.41, 5.74) is 1.02. The van der Waals surface area contributed by atoms with Crippen molar-refractivity contribution in [2.75, 3.05) is 39.8 Å². The number of amides is 3. The fraction of sp³-hybridized carbons (Fsp3) is 0.684. The van der Waals surface area contributed by atoms with Gasteiger partial charge in [-0.25, -0.2) is 0 Å². The van der Waals surface area contributed by atoms with Crippen molar-refractivity contribution in [3.8, 4) is 0 Å². The summed E-state index contributed by atoms with van der Waals surface area (Å²) in [5.74, 6) is -0.448. The van der Waals surface area contributed by atoms with Gasteiger partial charge in [0.2, 0.25) is 5.91 Å². The van der Waals surface area contributed by atoms with E-state index in [-0.39, 0.29) is 36.5 Å². The number of carbonyl (C=O) groups excluding carboxylic acids is 3. The quantitative estimate of drug-likeness (QED) is 0.790. The van der Waals surface area contributed by atoms with Gasteiger partial charge in [-0.2, -0.15) is 5.10 Å². The number of likely N-dealkylation sites (N-methyl/N-ethyl adjacent to an activating group) is 1. The summed E-state index contributed by atoms with van der Waals surface area (Å²) in [7, 11) is 1.56. The number of ether oxygens (including phenoxy) is 1. The summed E-state index contributed by atoms with van der Waals surface area (Å²) in [4.78, 5) is 40.8. The van der Waals surface area contributed by atoms with Crippen molar-refractivity contribution in [2.24, 2.45) is 0 Å². The molecule has 1 N–H and O–H groups in total. The Morgan fingerprint density at radius 1 is 1.14 bits per heavy atom. The van der Waals surface area contributed by atoms with E-state index in [1.807, 2.05) is 4.90 Å². The largest absolute Gasteiger partial charge is 0.365 e. The molecule has 0 spiro atoms. The first-order valence-corrected chi connectivity index (χ1v) is 9.94. The lowest BCUT2D eigenvalue weighted by Crippen LogP contribution is -2.52. The molecular formula is C19H29N5O4. The van der Waals surface area contributed by atoms with Crippen molar-refractivity contribution in [1.82, 2.24) is 24.9 Å². The zero-order valence-corrected chi connectivity index (χ0v) is 16.6. The minimum absolute atomic E-state index is 0.0271. The Kier molecular flexibility index (Phi) is 6.66. The fourth-order valence-electron chi connectivity index (χ4n) is 3.63. The van der Waals surface area contributed by atoms with Crippen molar-refractivity contribution in [2.45, 2.75) is 45.3 Å². The van der Waals surface area contributed by atoms with Gasteiger partial charge in [0, 0.05) is 32.4 Å². The number of morpholine rings is 1. The smallest absolute Gasteiger partial charge is 0.274 e. The van der Waals surface area contributed by atoms with Crippen LogP contribution < -0.4 is 5.32 Å². The zero-order chi connectivity index (χ0) is 20.1. The predicted octanol–water partition coefficient (Wildman–Crippen LogP) is 0.181. The van der Waals surface area contributed by atoms with Gasteiger partial charge in [0.05, 0.1) is 13.2 Å². The lowest BCUT2D eigenvalue weighted by Gasteiger charge is -2.34. The molecule has 0 aromatic carbocycles. The average molecular weight is 391 g/mol. The van der Waals surface area contributed by atoms with Crippen molar-refractivity contribution >= 4 is 17.7 Å². The lowest BCUT2D eigenvalue weighted by molar-refractivity contribution is -0.148. The first-order chi connectivity index (χ1) is 13.5. The SMILES string of the molecule is CNC(=O)Cn1nc(C(=O)N2CCOC(C(=O)N3CCCCCC3)C2)cc1C. The second-order valence-corrected chi connectivity index (χ2v) is 7.35. The summed E-state index contributed by atoms with van der Waals surface area (Å²) in [6.45, 7) is 4.37. The molecule has 28 heavy (non-hydrogen) atoms. The number of nitrogens with one attached hydrogen (secondary N) is 1. The number of carbonyl (C=O) groups is 3. The van der Waals surface area contributed by atoms with E-state index < -0.39 is 6.10 Å². The Morgan fingerprint density at radius 2 is 1.86 bits per heavy atom. The number of hydrogen-bond donors (Lipinski definition) is 1. The van der Waals surface area contributed by atoms with Gasteiger partial charge in [0.15, 0.2) is 11.8 Å². The van der Waals surface area contributed by atoms with Gasteiger partial charge in [0.25, 0.3) is 11.8 Å². The van der Waals surface area contributed by atoms with E-state index in [1.165, 1.54) is 4.68 Å². The van der Waals surface area contributed by atoms with Crippen LogP contribution in [0.25, 0.3) is 0 Å². The maximum atomic E-state index is 12.9. The van der Waals surface area contributed by atoms with E-state index in [9.17, 15) is 14.4 Å². The lowest BCUT2D eigenvalue weighted by atomic mass is 10.2. The first kappa shape index (κ1) is 20.3. The maximum Gasteiger partial charge on any atom is 0.274 e. The van der Waals surface area contributed by atoms with E-state index in [0.717, 1.165) is 44.5 Å². The molecule has 0 bridgehead atoms. The highest BCUT2D eigenvalue weighted by Crippen LogP contribution is 2.16. The maximum absolute atomic E-state index is 12.9. The summed E-state index contributed by atoms with van der Waals surface area (Å²) in [6, 6.07) is 1.67. The van der Waals surface area contributed by atoms with E-state index in [1.54, 1.807) is 24.9 Å². The Hall–Kier alpha value is -2.42. The second kappa shape index (κ2) is 9.18. The van der Waals surface area contributed by atoms with Gasteiger partial charge < -0.3 is 19.9 Å². The molecule has 154 valence electrons. The van der Waals surface area contributed by atoms with Crippen molar-refractivity contribution in [3.63, 3.8) is 0 Å². The average Bonchev–Trinajstić information content (AvgIpc) is 2.91. The van der Waals surface area contributed by atoms with Crippen molar-refractivity contribution in [3.05, 3.63) is 17.5 Å². The number of nitrogens with zero attached hydrogens (tertiary/aromatic N) is 4. The van der Waals surface area contributed by atoms with Crippen LogP contribution in [0.1, 0.15) is 41.9 Å². The molecular weight excluding hydrogens is 362 g/mol. The monoisotopic (exact) mass is 391 g/mol. The van der Waals surface area contributed by atoms with E-state index in [0.29, 0.717) is 13.2 Å². The van der Waals surface area contributed by atoms with Crippen LogP contribution in [0.4, 0.5) is 0 Å². The third-order valence-electron chi connectivity index (χ3n) is 5.32. The molecule has 0 aliphatic carbocycles. The molecule has 0 radical (unpaired) electrons. The van der Waals surface area contributed by atoms with Gasteiger partial charge in [-0.3, -0.25) is 19.1 Å². The molecule has 2 saturated heterocycles. The Morgan fingerprint density at radius 3 is 2.54 bits per heavy atom. The summed E-state index contributed by atoms with van der Waals surface area (Å²) < 4.78 is 7.19. The molecule has 1 unspecified atom stereocenters. The van der Waals surface area contributed by atoms with Gasteiger partial charge in [-0.15, -0.1) is 0 Å². The topological polar surface area (TPSA) is 96.8 Å². The number of aromatic nitrogens is 2. The van der Waals surface area contributed by atoms with E-state index >= 15 is 0 Å². The molecule has 2 aliphatic heterocycles. The van der Waals surface area contributed by atoms with Gasteiger partial charge in [-0.05, 0) is 25.8 Å². The fourth-order valence-corrected chi connectivity index (χ4v) is 3.63. The third-order valence-corrected chi connectivity index (χ3v) is 5.32. The van der Waals surface area contributed by atoms with Gasteiger partial charge >= 0.3 is 0 Å². The van der Waals surface area contributed by atoms with Crippen LogP contribution in [0, 0.1) is 6.92 Å². The highest BCUT2D eigenvalue weighted by atomic mass is 16.5. The predicted molar refractivity (Wildman–Crippen MR) is 102 cm³/mol. The first-order valence-electron chi connectivity index (χ1n) is 9.94. The molecule has 1 aromatic heterocycles. The molecule has 2 aliphatic rings. The third kappa shape index (κ3) is 4.70. The van der Waals surface area contributed by atoms with Crippen LogP contribution in [-0.2, 0) is 20.9 Å². The molecule has 2 fully saturated rings. The minimum atomic E-state index is -0.621. The number of aryl methyl sites for hydroxylation is 1. The van der Waals surface area contributed by atoms with Crippen LogP contribution in [0.2, 0.25) is 0 Å².